The van der Waals surface area contributed by atoms with E-state index in [1.165, 1.54) is 16.2 Å². The van der Waals surface area contributed by atoms with Crippen LogP contribution in [-0.4, -0.2) is 59.3 Å². The topological polar surface area (TPSA) is 123 Å². The first-order valence-electron chi connectivity index (χ1n) is 11.1. The van der Waals surface area contributed by atoms with Crippen molar-refractivity contribution in [2.75, 3.05) is 30.9 Å². The number of hydrogen-bond acceptors (Lipinski definition) is 8. The molecule has 1 saturated heterocycles. The van der Waals surface area contributed by atoms with Crippen molar-refractivity contribution in [1.82, 2.24) is 15.1 Å². The van der Waals surface area contributed by atoms with Crippen LogP contribution in [0, 0.1) is 0 Å². The number of nitrogens with zero attached hydrogens (tertiary/aromatic N) is 3. The van der Waals surface area contributed by atoms with E-state index in [1.54, 1.807) is 38.3 Å². The summed E-state index contributed by atoms with van der Waals surface area (Å²) < 4.78 is 10.2. The normalized spacial score (nSPS) is 14.9. The second kappa shape index (κ2) is 11.0. The Balaban J connectivity index is 1.37. The van der Waals surface area contributed by atoms with Crippen LogP contribution in [0.25, 0.3) is 10.6 Å². The Kier molecular flexibility index (Phi) is 7.56. The molecule has 1 fully saturated rings. The first-order chi connectivity index (χ1) is 17.0. The lowest BCUT2D eigenvalue weighted by Gasteiger charge is -2.23. The number of rotatable bonds is 7. The molecule has 0 radical (unpaired) electrons. The molecule has 2 heterocycles. The average molecular weight is 496 g/mol. The molecule has 182 valence electrons. The fourth-order valence-electron chi connectivity index (χ4n) is 3.72. The highest BCUT2D eigenvalue weighted by molar-refractivity contribution is 7.18. The number of likely N-dealkylation sites (tertiary alicyclic amines) is 1. The lowest BCUT2D eigenvalue weighted by Crippen LogP contribution is -2.45. The summed E-state index contributed by atoms with van der Waals surface area (Å²) in [5.74, 6) is -0.0389. The summed E-state index contributed by atoms with van der Waals surface area (Å²) in [5, 5.41) is 14.8. The fourth-order valence-corrected chi connectivity index (χ4v) is 4.46. The van der Waals surface area contributed by atoms with Crippen LogP contribution in [-0.2, 0) is 9.53 Å². The van der Waals surface area contributed by atoms with Gasteiger partial charge < -0.3 is 19.7 Å². The number of esters is 1. The van der Waals surface area contributed by atoms with E-state index in [9.17, 15) is 14.4 Å². The van der Waals surface area contributed by atoms with E-state index >= 15 is 0 Å². The number of carbonyl (C=O) groups excluding carboxylic acids is 3. The maximum Gasteiger partial charge on any atom is 0.338 e. The molecular weight excluding hydrogens is 470 g/mol. The molecule has 4 rings (SSSR count). The van der Waals surface area contributed by atoms with E-state index in [-0.39, 0.29) is 18.5 Å². The smallest absolute Gasteiger partial charge is 0.338 e. The molecule has 11 heteroatoms. The van der Waals surface area contributed by atoms with Gasteiger partial charge in [0.1, 0.15) is 16.8 Å². The summed E-state index contributed by atoms with van der Waals surface area (Å²) in [5.41, 5.74) is 1.74. The third-order valence-corrected chi connectivity index (χ3v) is 6.32. The number of benzene rings is 2. The molecule has 0 spiro atoms. The molecule has 3 amide bonds. The van der Waals surface area contributed by atoms with Gasteiger partial charge in [-0.15, -0.1) is 10.2 Å². The summed E-state index contributed by atoms with van der Waals surface area (Å²) in [7, 11) is 1.59. The summed E-state index contributed by atoms with van der Waals surface area (Å²) in [6, 6.07) is 12.8. The largest absolute Gasteiger partial charge is 0.497 e. The lowest BCUT2D eigenvalue weighted by molar-refractivity contribution is -0.119. The van der Waals surface area contributed by atoms with Crippen molar-refractivity contribution in [2.45, 2.75) is 25.8 Å². The van der Waals surface area contributed by atoms with Crippen LogP contribution in [0.5, 0.6) is 5.75 Å². The van der Waals surface area contributed by atoms with Gasteiger partial charge in [-0.05, 0) is 56.2 Å². The van der Waals surface area contributed by atoms with Gasteiger partial charge in [-0.3, -0.25) is 10.1 Å². The van der Waals surface area contributed by atoms with Gasteiger partial charge in [0, 0.05) is 17.8 Å². The highest BCUT2D eigenvalue weighted by Crippen LogP contribution is 2.29. The standard InChI is InChI=1S/C24H25N5O5S/c1-3-34-22(31)15-9-11-17(12-10-15)25-24(32)29-13-5-8-19(29)20(30)26-23-28-27-21(35-23)16-6-4-7-18(14-16)33-2/h4,6-7,9-12,14,19H,3,5,8,13H2,1-2H3,(H,25,32)(H,26,28,30). The summed E-state index contributed by atoms with van der Waals surface area (Å²) in [6.45, 7) is 2.48. The molecule has 35 heavy (non-hydrogen) atoms. The molecule has 2 N–H and O–H groups in total. The number of anilines is 2. The number of methoxy groups -OCH3 is 1. The Hall–Kier alpha value is -3.99. The van der Waals surface area contributed by atoms with Crippen molar-refractivity contribution >= 4 is 40.1 Å². The Morgan fingerprint density at radius 1 is 1.11 bits per heavy atom. The molecular formula is C24H25N5O5S. The van der Waals surface area contributed by atoms with Crippen LogP contribution in [0.3, 0.4) is 0 Å². The van der Waals surface area contributed by atoms with E-state index in [2.05, 4.69) is 20.8 Å². The minimum atomic E-state index is -0.627. The SMILES string of the molecule is CCOC(=O)c1ccc(NC(=O)N2CCCC2C(=O)Nc2nnc(-c3cccc(OC)c3)s2)cc1. The molecule has 0 saturated carbocycles. The van der Waals surface area contributed by atoms with Crippen LogP contribution in [0.4, 0.5) is 15.6 Å². The van der Waals surface area contributed by atoms with Crippen molar-refractivity contribution in [1.29, 1.82) is 0 Å². The summed E-state index contributed by atoms with van der Waals surface area (Å²) in [4.78, 5) is 39.1. The van der Waals surface area contributed by atoms with Crippen molar-refractivity contribution in [2.24, 2.45) is 0 Å². The van der Waals surface area contributed by atoms with Crippen molar-refractivity contribution in [3.8, 4) is 16.3 Å². The van der Waals surface area contributed by atoms with Gasteiger partial charge in [0.05, 0.1) is 19.3 Å². The molecule has 0 aliphatic carbocycles. The number of carbonyl (C=O) groups is 3. The molecule has 0 bridgehead atoms. The molecule has 2 aromatic carbocycles. The number of aromatic nitrogens is 2. The van der Waals surface area contributed by atoms with E-state index in [4.69, 9.17) is 9.47 Å². The number of nitrogens with one attached hydrogen (secondary N) is 2. The minimum absolute atomic E-state index is 0.287. The first-order valence-corrected chi connectivity index (χ1v) is 11.9. The monoisotopic (exact) mass is 495 g/mol. The quantitative estimate of drug-likeness (QED) is 0.475. The lowest BCUT2D eigenvalue weighted by atomic mass is 10.2. The maximum absolute atomic E-state index is 12.9. The number of hydrogen-bond donors (Lipinski definition) is 2. The Morgan fingerprint density at radius 2 is 1.91 bits per heavy atom. The molecule has 1 unspecified atom stereocenters. The van der Waals surface area contributed by atoms with E-state index < -0.39 is 12.0 Å². The van der Waals surface area contributed by atoms with Gasteiger partial charge >= 0.3 is 12.0 Å². The second-order valence-corrected chi connectivity index (χ2v) is 8.69. The predicted octanol–water partition coefficient (Wildman–Crippen LogP) is 4.03. The van der Waals surface area contributed by atoms with Gasteiger partial charge in [0.2, 0.25) is 11.0 Å². The van der Waals surface area contributed by atoms with Gasteiger partial charge in [0.15, 0.2) is 0 Å². The Morgan fingerprint density at radius 3 is 2.66 bits per heavy atom. The Labute approximate surface area is 206 Å². The second-order valence-electron chi connectivity index (χ2n) is 7.71. The fraction of sp³-hybridized carbons (Fsp3) is 0.292. The van der Waals surface area contributed by atoms with Gasteiger partial charge in [-0.1, -0.05) is 23.5 Å². The number of urea groups is 1. The predicted molar refractivity (Wildman–Crippen MR) is 132 cm³/mol. The van der Waals surface area contributed by atoms with Gasteiger partial charge in [-0.2, -0.15) is 0 Å². The van der Waals surface area contributed by atoms with Crippen molar-refractivity contribution in [3.05, 3.63) is 54.1 Å². The molecule has 1 aliphatic rings. The number of ether oxygens (including phenoxy) is 2. The third kappa shape index (κ3) is 5.75. The van der Waals surface area contributed by atoms with Crippen molar-refractivity contribution < 1.29 is 23.9 Å². The van der Waals surface area contributed by atoms with Gasteiger partial charge in [-0.25, -0.2) is 9.59 Å². The minimum Gasteiger partial charge on any atom is -0.497 e. The van der Waals surface area contributed by atoms with Crippen LogP contribution < -0.4 is 15.4 Å². The van der Waals surface area contributed by atoms with E-state index in [0.717, 1.165) is 5.56 Å². The van der Waals surface area contributed by atoms with E-state index in [0.29, 0.717) is 46.5 Å². The molecule has 1 atom stereocenters. The average Bonchev–Trinajstić information content (AvgIpc) is 3.55. The Bertz CT molecular complexity index is 1210. The summed E-state index contributed by atoms with van der Waals surface area (Å²) in [6.07, 6.45) is 1.25. The molecule has 1 aromatic heterocycles. The summed E-state index contributed by atoms with van der Waals surface area (Å²) >= 11 is 1.25. The zero-order valence-corrected chi connectivity index (χ0v) is 20.1. The zero-order chi connectivity index (χ0) is 24.8. The number of amides is 3. The first kappa shape index (κ1) is 24.1. The van der Waals surface area contributed by atoms with Crippen LogP contribution in [0.1, 0.15) is 30.1 Å². The van der Waals surface area contributed by atoms with E-state index in [1.807, 2.05) is 24.3 Å². The van der Waals surface area contributed by atoms with Gasteiger partial charge in [0.25, 0.3) is 0 Å². The third-order valence-electron chi connectivity index (χ3n) is 5.44. The highest BCUT2D eigenvalue weighted by atomic mass is 32.1. The van der Waals surface area contributed by atoms with Crippen LogP contribution in [0.2, 0.25) is 0 Å². The van der Waals surface area contributed by atoms with Crippen LogP contribution >= 0.6 is 11.3 Å². The molecule has 1 aliphatic heterocycles. The molecule has 3 aromatic rings. The highest BCUT2D eigenvalue weighted by Gasteiger charge is 2.34. The van der Waals surface area contributed by atoms with Crippen LogP contribution in [0.15, 0.2) is 48.5 Å². The van der Waals surface area contributed by atoms with Crippen molar-refractivity contribution in [3.63, 3.8) is 0 Å². The maximum atomic E-state index is 12.9. The zero-order valence-electron chi connectivity index (χ0n) is 19.3. The molecule has 10 nitrogen and oxygen atoms in total.